The molecule has 24 heavy (non-hydrogen) atoms. The largest absolute Gasteiger partial charge is 0.402 e. The number of carbonyl (C=O) groups is 1. The average molecular weight is 320 g/mol. The van der Waals surface area contributed by atoms with Crippen LogP contribution in [0, 0.1) is 10.1 Å². The topological polar surface area (TPSA) is 81.8 Å². The summed E-state index contributed by atoms with van der Waals surface area (Å²) in [5.41, 5.74) is 1.73. The summed E-state index contributed by atoms with van der Waals surface area (Å²) in [7, 11) is 0. The number of rotatable bonds is 4. The summed E-state index contributed by atoms with van der Waals surface area (Å²) in [5, 5.41) is 10.6. The number of hydrogen-bond donors (Lipinski definition) is 0. The van der Waals surface area contributed by atoms with E-state index >= 15 is 0 Å². The molecule has 0 atom stereocenters. The summed E-state index contributed by atoms with van der Waals surface area (Å²) in [6, 6.07) is 15.2. The summed E-state index contributed by atoms with van der Waals surface area (Å²) >= 11 is 0. The van der Waals surface area contributed by atoms with E-state index in [1.807, 2.05) is 30.3 Å². The number of nitro benzene ring substituents is 1. The fourth-order valence-electron chi connectivity index (χ4n) is 2.08. The summed E-state index contributed by atoms with van der Waals surface area (Å²) in [6.07, 6.45) is 4.91. The molecule has 1 aliphatic heterocycles. The van der Waals surface area contributed by atoms with E-state index in [-0.39, 0.29) is 17.3 Å². The lowest BCUT2D eigenvalue weighted by Gasteiger charge is -1.97. The minimum atomic E-state index is -0.512. The van der Waals surface area contributed by atoms with Crippen LogP contribution >= 0.6 is 0 Å². The molecule has 3 rings (SSSR count). The second kappa shape index (κ2) is 6.70. The quantitative estimate of drug-likeness (QED) is 0.374. The molecular formula is C18H12N2O4. The standard InChI is InChI=1S/C18H12N2O4/c21-18-16(19-17(24-18)14-6-2-1-3-7-14)8-4-5-13-9-11-15(12-10-13)20(22)23/h1-12H/b5-4+,16-8+. The van der Waals surface area contributed by atoms with Crippen LogP contribution in [0.1, 0.15) is 11.1 Å². The molecule has 0 aliphatic carbocycles. The van der Waals surface area contributed by atoms with E-state index in [0.717, 1.165) is 11.1 Å². The number of ether oxygens (including phenoxy) is 1. The maximum atomic E-state index is 11.8. The number of non-ortho nitro benzene ring substituents is 1. The number of hydrogen-bond acceptors (Lipinski definition) is 5. The van der Waals surface area contributed by atoms with Crippen LogP contribution in [0.25, 0.3) is 6.08 Å². The third-order valence-electron chi connectivity index (χ3n) is 3.29. The van der Waals surface area contributed by atoms with Gasteiger partial charge in [-0.3, -0.25) is 10.1 Å². The minimum Gasteiger partial charge on any atom is -0.402 e. The van der Waals surface area contributed by atoms with Crippen molar-refractivity contribution in [2.24, 2.45) is 4.99 Å². The van der Waals surface area contributed by atoms with Crippen molar-refractivity contribution in [2.45, 2.75) is 0 Å². The zero-order valence-electron chi connectivity index (χ0n) is 12.5. The number of nitrogens with zero attached hydrogens (tertiary/aromatic N) is 2. The molecule has 0 radical (unpaired) electrons. The second-order valence-electron chi connectivity index (χ2n) is 4.93. The molecule has 0 N–H and O–H groups in total. The Balaban J connectivity index is 1.75. The van der Waals surface area contributed by atoms with E-state index in [0.29, 0.717) is 0 Å². The first-order valence-electron chi connectivity index (χ1n) is 7.12. The van der Waals surface area contributed by atoms with Gasteiger partial charge < -0.3 is 4.74 Å². The molecule has 0 spiro atoms. The van der Waals surface area contributed by atoms with Gasteiger partial charge in [-0.2, -0.15) is 0 Å². The Labute approximate surface area is 137 Å². The number of aliphatic imine (C=N–C) groups is 1. The number of esters is 1. The Hall–Kier alpha value is -3.54. The van der Waals surface area contributed by atoms with Crippen molar-refractivity contribution in [3.63, 3.8) is 0 Å². The molecule has 2 aromatic rings. The molecule has 0 unspecified atom stereocenters. The second-order valence-corrected chi connectivity index (χ2v) is 4.93. The van der Waals surface area contributed by atoms with E-state index < -0.39 is 10.9 Å². The average Bonchev–Trinajstić information content (AvgIpc) is 2.97. The predicted molar refractivity (Wildman–Crippen MR) is 89.3 cm³/mol. The molecule has 0 saturated carbocycles. The number of benzene rings is 2. The minimum absolute atomic E-state index is 0.0296. The first-order chi connectivity index (χ1) is 11.6. The van der Waals surface area contributed by atoms with Crippen LogP contribution < -0.4 is 0 Å². The van der Waals surface area contributed by atoms with Crippen LogP contribution in [-0.4, -0.2) is 16.8 Å². The van der Waals surface area contributed by atoms with Crippen molar-refractivity contribution in [1.82, 2.24) is 0 Å². The highest BCUT2D eigenvalue weighted by Crippen LogP contribution is 2.17. The number of carbonyl (C=O) groups excluding carboxylic acids is 1. The van der Waals surface area contributed by atoms with Gasteiger partial charge in [0.05, 0.1) is 4.92 Å². The molecule has 0 aromatic heterocycles. The lowest BCUT2D eigenvalue weighted by molar-refractivity contribution is -0.384. The van der Waals surface area contributed by atoms with Crippen LogP contribution in [0.3, 0.4) is 0 Å². The first kappa shape index (κ1) is 15.4. The smallest absolute Gasteiger partial charge is 0.363 e. The maximum Gasteiger partial charge on any atom is 0.363 e. The lowest BCUT2D eigenvalue weighted by atomic mass is 10.2. The highest BCUT2D eigenvalue weighted by atomic mass is 16.6. The van der Waals surface area contributed by atoms with Crippen LogP contribution in [-0.2, 0) is 9.53 Å². The molecule has 118 valence electrons. The van der Waals surface area contributed by atoms with Crippen molar-refractivity contribution in [1.29, 1.82) is 0 Å². The summed E-state index contributed by atoms with van der Waals surface area (Å²) in [6.45, 7) is 0. The van der Waals surface area contributed by atoms with E-state index in [1.54, 1.807) is 30.4 Å². The summed E-state index contributed by atoms with van der Waals surface area (Å²) in [5.74, 6) is -0.238. The van der Waals surface area contributed by atoms with Gasteiger partial charge in [-0.05, 0) is 35.9 Å². The zero-order valence-corrected chi connectivity index (χ0v) is 12.5. The van der Waals surface area contributed by atoms with E-state index in [4.69, 9.17) is 4.74 Å². The van der Waals surface area contributed by atoms with Crippen LogP contribution in [0.15, 0.2) is 77.4 Å². The molecule has 0 amide bonds. The van der Waals surface area contributed by atoms with Crippen molar-refractivity contribution in [3.05, 3.63) is 93.7 Å². The Bertz CT molecular complexity index is 866. The van der Waals surface area contributed by atoms with Crippen LogP contribution in [0.4, 0.5) is 5.69 Å². The molecule has 0 bridgehead atoms. The Kier molecular flexibility index (Phi) is 4.29. The van der Waals surface area contributed by atoms with Gasteiger partial charge in [-0.25, -0.2) is 9.79 Å². The fourth-order valence-corrected chi connectivity index (χ4v) is 2.08. The van der Waals surface area contributed by atoms with Gasteiger partial charge in [-0.1, -0.05) is 30.4 Å². The lowest BCUT2D eigenvalue weighted by Crippen LogP contribution is -2.04. The monoisotopic (exact) mass is 320 g/mol. The van der Waals surface area contributed by atoms with Gasteiger partial charge >= 0.3 is 5.97 Å². The Morgan fingerprint density at radius 2 is 1.75 bits per heavy atom. The van der Waals surface area contributed by atoms with Gasteiger partial charge in [-0.15, -0.1) is 0 Å². The normalized spacial score (nSPS) is 15.6. The fraction of sp³-hybridized carbons (Fsp3) is 0. The molecule has 0 saturated heterocycles. The molecule has 1 aliphatic rings. The number of nitro groups is 1. The zero-order chi connectivity index (χ0) is 16.9. The van der Waals surface area contributed by atoms with E-state index in [1.165, 1.54) is 12.1 Å². The Morgan fingerprint density at radius 3 is 2.42 bits per heavy atom. The van der Waals surface area contributed by atoms with E-state index in [2.05, 4.69) is 4.99 Å². The summed E-state index contributed by atoms with van der Waals surface area (Å²) < 4.78 is 5.14. The SMILES string of the molecule is O=C1OC(c2ccccc2)=N/C1=C/C=C/c1ccc([N+](=O)[O-])cc1. The molecule has 0 fully saturated rings. The van der Waals surface area contributed by atoms with E-state index in [9.17, 15) is 14.9 Å². The molecule has 6 heteroatoms. The highest BCUT2D eigenvalue weighted by molar-refractivity contribution is 6.11. The van der Waals surface area contributed by atoms with Gasteiger partial charge in [0.25, 0.3) is 5.69 Å². The molecule has 2 aromatic carbocycles. The van der Waals surface area contributed by atoms with Crippen molar-refractivity contribution in [3.8, 4) is 0 Å². The van der Waals surface area contributed by atoms with Crippen LogP contribution in [0.5, 0.6) is 0 Å². The van der Waals surface area contributed by atoms with Gasteiger partial charge in [0.15, 0.2) is 5.70 Å². The molecular weight excluding hydrogens is 308 g/mol. The van der Waals surface area contributed by atoms with Crippen molar-refractivity contribution in [2.75, 3.05) is 0 Å². The van der Waals surface area contributed by atoms with Crippen molar-refractivity contribution >= 4 is 23.6 Å². The maximum absolute atomic E-state index is 11.8. The van der Waals surface area contributed by atoms with Crippen molar-refractivity contribution < 1.29 is 14.5 Å². The number of allylic oxidation sites excluding steroid dienone is 2. The molecule has 1 heterocycles. The third kappa shape index (κ3) is 3.44. The highest BCUT2D eigenvalue weighted by Gasteiger charge is 2.23. The third-order valence-corrected chi connectivity index (χ3v) is 3.29. The first-order valence-corrected chi connectivity index (χ1v) is 7.12. The number of cyclic esters (lactones) is 1. The van der Waals surface area contributed by atoms with Crippen LogP contribution in [0.2, 0.25) is 0 Å². The van der Waals surface area contributed by atoms with Gasteiger partial charge in [0, 0.05) is 17.7 Å². The summed E-state index contributed by atoms with van der Waals surface area (Å²) in [4.78, 5) is 26.1. The predicted octanol–water partition coefficient (Wildman–Crippen LogP) is 3.50. The molecule has 6 nitrogen and oxygen atoms in total. The van der Waals surface area contributed by atoms with Gasteiger partial charge in [0.2, 0.25) is 5.90 Å². The van der Waals surface area contributed by atoms with Gasteiger partial charge in [0.1, 0.15) is 0 Å². The Morgan fingerprint density at radius 1 is 1.04 bits per heavy atom.